The molecular weight excluding hydrogens is 210 g/mol. The molecule has 0 fully saturated rings. The maximum absolute atomic E-state index is 6.05. The molecule has 0 saturated heterocycles. The Balaban J connectivity index is 3.39. The largest absolute Gasteiger partial charge is 0.496 e. The van der Waals surface area contributed by atoms with Gasteiger partial charge in [0.25, 0.3) is 0 Å². The molecule has 0 aromatic heterocycles. The van der Waals surface area contributed by atoms with Crippen LogP contribution in [0.1, 0.15) is 25.0 Å². The van der Waals surface area contributed by atoms with Crippen molar-refractivity contribution in [1.29, 1.82) is 0 Å². The Kier molecular flexibility index (Phi) is 3.63. The quantitative estimate of drug-likeness (QED) is 0.862. The summed E-state index contributed by atoms with van der Waals surface area (Å²) in [5.41, 5.74) is 7.75. The summed E-state index contributed by atoms with van der Waals surface area (Å²) in [5.74, 6) is 0.884. The second kappa shape index (κ2) is 4.42. The number of hydrogen-bond acceptors (Lipinski definition) is 2. The van der Waals surface area contributed by atoms with E-state index in [2.05, 4.69) is 13.8 Å². The number of hydrogen-bond donors (Lipinski definition) is 1. The van der Waals surface area contributed by atoms with Gasteiger partial charge in [-0.15, -0.1) is 0 Å². The summed E-state index contributed by atoms with van der Waals surface area (Å²) in [5, 5.41) is 0.727. The van der Waals surface area contributed by atoms with Crippen molar-refractivity contribution in [2.75, 3.05) is 13.7 Å². The summed E-state index contributed by atoms with van der Waals surface area (Å²) in [7, 11) is 1.67. The van der Waals surface area contributed by atoms with E-state index in [1.54, 1.807) is 7.11 Å². The number of ether oxygens (including phenoxy) is 1. The number of nitrogens with two attached hydrogens (primary N) is 1. The number of aryl methyl sites for hydroxylation is 1. The van der Waals surface area contributed by atoms with Crippen molar-refractivity contribution in [1.82, 2.24) is 0 Å². The van der Waals surface area contributed by atoms with Crippen LogP contribution in [0.15, 0.2) is 12.1 Å². The summed E-state index contributed by atoms with van der Waals surface area (Å²) >= 11 is 6.05. The Bertz CT molecular complexity index is 361. The van der Waals surface area contributed by atoms with Gasteiger partial charge in [0.2, 0.25) is 0 Å². The summed E-state index contributed by atoms with van der Waals surface area (Å²) in [4.78, 5) is 0. The maximum atomic E-state index is 6.05. The molecule has 1 aromatic rings. The van der Waals surface area contributed by atoms with Crippen LogP contribution in [0.3, 0.4) is 0 Å². The summed E-state index contributed by atoms with van der Waals surface area (Å²) < 4.78 is 5.41. The third-order valence-electron chi connectivity index (χ3n) is 2.68. The highest BCUT2D eigenvalue weighted by Crippen LogP contribution is 2.35. The molecule has 2 N–H and O–H groups in total. The average Bonchev–Trinajstić information content (AvgIpc) is 2.16. The number of halogens is 1. The zero-order valence-corrected chi connectivity index (χ0v) is 10.5. The molecule has 15 heavy (non-hydrogen) atoms. The summed E-state index contributed by atoms with van der Waals surface area (Å²) in [6.07, 6.45) is 0. The normalized spacial score (nSPS) is 11.6. The molecule has 0 unspecified atom stereocenters. The van der Waals surface area contributed by atoms with Crippen molar-refractivity contribution in [3.63, 3.8) is 0 Å². The molecule has 3 heteroatoms. The monoisotopic (exact) mass is 227 g/mol. The summed E-state index contributed by atoms with van der Waals surface area (Å²) in [6.45, 7) is 6.71. The van der Waals surface area contributed by atoms with Gasteiger partial charge in [0.1, 0.15) is 5.75 Å². The molecule has 0 spiro atoms. The van der Waals surface area contributed by atoms with E-state index in [4.69, 9.17) is 22.1 Å². The fourth-order valence-electron chi connectivity index (χ4n) is 1.61. The lowest BCUT2D eigenvalue weighted by Gasteiger charge is -2.26. The first-order valence-electron chi connectivity index (χ1n) is 4.97. The lowest BCUT2D eigenvalue weighted by molar-refractivity contribution is 0.391. The van der Waals surface area contributed by atoms with Crippen LogP contribution < -0.4 is 10.5 Å². The molecular formula is C12H18ClNO. The third kappa shape index (κ3) is 2.44. The minimum absolute atomic E-state index is 0.124. The van der Waals surface area contributed by atoms with Crippen LogP contribution in [-0.4, -0.2) is 13.7 Å². The number of rotatable bonds is 3. The molecule has 1 rings (SSSR count). The molecule has 0 radical (unpaired) electrons. The highest BCUT2D eigenvalue weighted by Gasteiger charge is 2.24. The Hall–Kier alpha value is -0.730. The Morgan fingerprint density at radius 3 is 2.47 bits per heavy atom. The first-order valence-corrected chi connectivity index (χ1v) is 5.35. The minimum Gasteiger partial charge on any atom is -0.496 e. The topological polar surface area (TPSA) is 35.2 Å². The van der Waals surface area contributed by atoms with Gasteiger partial charge in [0.15, 0.2) is 0 Å². The lowest BCUT2D eigenvalue weighted by Crippen LogP contribution is -2.28. The second-order valence-corrected chi connectivity index (χ2v) is 4.83. The Labute approximate surface area is 96.4 Å². The van der Waals surface area contributed by atoms with Gasteiger partial charge in [0, 0.05) is 22.5 Å². The van der Waals surface area contributed by atoms with Crippen LogP contribution in [0.4, 0.5) is 0 Å². The highest BCUT2D eigenvalue weighted by atomic mass is 35.5. The standard InChI is InChI=1S/C12H18ClNO/c1-8-5-9(13)6-10(11(8)15-4)12(2,3)7-14/h5-6H,7,14H2,1-4H3. The van der Waals surface area contributed by atoms with Crippen molar-refractivity contribution >= 4 is 11.6 Å². The fraction of sp³-hybridized carbons (Fsp3) is 0.500. The SMILES string of the molecule is COc1c(C)cc(Cl)cc1C(C)(C)CN. The predicted molar refractivity (Wildman–Crippen MR) is 64.8 cm³/mol. The predicted octanol–water partition coefficient (Wildman–Crippen LogP) is 2.89. The van der Waals surface area contributed by atoms with Gasteiger partial charge < -0.3 is 10.5 Å². The van der Waals surface area contributed by atoms with Gasteiger partial charge in [0.05, 0.1) is 7.11 Å². The van der Waals surface area contributed by atoms with Gasteiger partial charge in [-0.25, -0.2) is 0 Å². The molecule has 0 heterocycles. The van der Waals surface area contributed by atoms with Crippen molar-refractivity contribution in [3.8, 4) is 5.75 Å². The van der Waals surface area contributed by atoms with Crippen LogP contribution in [0.25, 0.3) is 0 Å². The summed E-state index contributed by atoms with van der Waals surface area (Å²) in [6, 6.07) is 3.83. The molecule has 0 atom stereocenters. The van der Waals surface area contributed by atoms with E-state index >= 15 is 0 Å². The molecule has 84 valence electrons. The van der Waals surface area contributed by atoms with Crippen molar-refractivity contribution in [2.45, 2.75) is 26.2 Å². The molecule has 2 nitrogen and oxygen atoms in total. The molecule has 0 bridgehead atoms. The molecule has 0 aliphatic heterocycles. The zero-order chi connectivity index (χ0) is 11.6. The first-order chi connectivity index (χ1) is 6.92. The van der Waals surface area contributed by atoms with Crippen LogP contribution in [0, 0.1) is 6.92 Å². The van der Waals surface area contributed by atoms with Crippen molar-refractivity contribution in [2.24, 2.45) is 5.73 Å². The minimum atomic E-state index is -0.124. The molecule has 0 saturated carbocycles. The van der Waals surface area contributed by atoms with Gasteiger partial charge in [-0.1, -0.05) is 25.4 Å². The zero-order valence-electron chi connectivity index (χ0n) is 9.73. The van der Waals surface area contributed by atoms with E-state index in [1.165, 1.54) is 0 Å². The first kappa shape index (κ1) is 12.3. The van der Waals surface area contributed by atoms with E-state index in [-0.39, 0.29) is 5.41 Å². The fourth-order valence-corrected chi connectivity index (χ4v) is 1.89. The molecule has 1 aromatic carbocycles. The van der Waals surface area contributed by atoms with E-state index in [1.807, 2.05) is 19.1 Å². The van der Waals surface area contributed by atoms with Gasteiger partial charge in [-0.05, 0) is 24.6 Å². The second-order valence-electron chi connectivity index (χ2n) is 4.39. The number of methoxy groups -OCH3 is 1. The Morgan fingerprint density at radius 2 is 2.00 bits per heavy atom. The van der Waals surface area contributed by atoms with Crippen LogP contribution in [0.2, 0.25) is 5.02 Å². The van der Waals surface area contributed by atoms with Gasteiger partial charge in [-0.2, -0.15) is 0 Å². The van der Waals surface area contributed by atoms with Crippen LogP contribution in [0.5, 0.6) is 5.75 Å². The molecule has 0 aliphatic carbocycles. The van der Waals surface area contributed by atoms with Gasteiger partial charge in [-0.3, -0.25) is 0 Å². The van der Waals surface area contributed by atoms with Crippen molar-refractivity contribution in [3.05, 3.63) is 28.3 Å². The Morgan fingerprint density at radius 1 is 1.40 bits per heavy atom. The van der Waals surface area contributed by atoms with Crippen molar-refractivity contribution < 1.29 is 4.74 Å². The van der Waals surface area contributed by atoms with E-state index in [9.17, 15) is 0 Å². The maximum Gasteiger partial charge on any atom is 0.125 e. The lowest BCUT2D eigenvalue weighted by atomic mass is 9.83. The average molecular weight is 228 g/mol. The smallest absolute Gasteiger partial charge is 0.125 e. The van der Waals surface area contributed by atoms with E-state index in [0.717, 1.165) is 21.9 Å². The highest BCUT2D eigenvalue weighted by molar-refractivity contribution is 6.30. The molecule has 0 amide bonds. The van der Waals surface area contributed by atoms with Gasteiger partial charge >= 0.3 is 0 Å². The van der Waals surface area contributed by atoms with E-state index < -0.39 is 0 Å². The molecule has 0 aliphatic rings. The van der Waals surface area contributed by atoms with Crippen LogP contribution in [-0.2, 0) is 5.41 Å². The third-order valence-corrected chi connectivity index (χ3v) is 2.90. The van der Waals surface area contributed by atoms with E-state index in [0.29, 0.717) is 6.54 Å². The number of benzene rings is 1. The van der Waals surface area contributed by atoms with Crippen LogP contribution >= 0.6 is 11.6 Å².